The first-order valence-corrected chi connectivity index (χ1v) is 8.58. The number of oxime groups is 1. The van der Waals surface area contributed by atoms with Crippen LogP contribution in [-0.2, 0) is 4.84 Å². The third kappa shape index (κ3) is 6.20. The number of nitrogens with zero attached hydrogens (tertiary/aromatic N) is 1. The Morgan fingerprint density at radius 3 is 2.15 bits per heavy atom. The second-order valence-electron chi connectivity index (χ2n) is 5.16. The fourth-order valence-electron chi connectivity index (χ4n) is 2.19. The molecule has 0 N–H and O–H groups in total. The summed E-state index contributed by atoms with van der Waals surface area (Å²) in [5.74, 6) is 2.95. The van der Waals surface area contributed by atoms with Gasteiger partial charge in [-0.2, -0.15) is 0 Å². The van der Waals surface area contributed by atoms with Gasteiger partial charge in [0.1, 0.15) is 18.1 Å². The number of hydrogen-bond donors (Lipinski definition) is 0. The lowest BCUT2D eigenvalue weighted by Gasteiger charge is -2.09. The molecule has 0 saturated heterocycles. The van der Waals surface area contributed by atoms with Crippen LogP contribution in [0.1, 0.15) is 19.4 Å². The lowest BCUT2D eigenvalue weighted by molar-refractivity contribution is 0.108. The average Bonchev–Trinajstić information content (AvgIpc) is 2.67. The molecule has 0 bridgehead atoms. The van der Waals surface area contributed by atoms with Crippen molar-refractivity contribution in [1.82, 2.24) is 0 Å². The quantitative estimate of drug-likeness (QED) is 0.346. The van der Waals surface area contributed by atoms with Crippen molar-refractivity contribution < 1.29 is 23.8 Å². The summed E-state index contributed by atoms with van der Waals surface area (Å²) in [5, 5.41) is 3.94. The fraction of sp³-hybridized carbons (Fsp3) is 0.350. The van der Waals surface area contributed by atoms with E-state index in [1.807, 2.05) is 56.3 Å². The molecular formula is C20H25NO5. The Bertz CT molecular complexity index is 685. The van der Waals surface area contributed by atoms with E-state index in [-0.39, 0.29) is 0 Å². The predicted molar refractivity (Wildman–Crippen MR) is 101 cm³/mol. The zero-order valence-corrected chi connectivity index (χ0v) is 15.4. The van der Waals surface area contributed by atoms with Crippen molar-refractivity contribution in [3.05, 3.63) is 48.0 Å². The first kappa shape index (κ1) is 19.4. The van der Waals surface area contributed by atoms with Crippen molar-refractivity contribution in [1.29, 1.82) is 0 Å². The SMILES string of the molecule is CCOc1ccc(OCCO/N=C/c2ccc(OCC)c(OC)c2)cc1. The van der Waals surface area contributed by atoms with E-state index in [0.29, 0.717) is 37.9 Å². The van der Waals surface area contributed by atoms with Crippen LogP contribution in [0.4, 0.5) is 0 Å². The standard InChI is InChI=1S/C20H25NO5/c1-4-23-17-7-9-18(10-8-17)25-12-13-26-21-15-16-6-11-19(24-5-2)20(14-16)22-3/h6-11,14-15H,4-5,12-13H2,1-3H3/b21-15+. The van der Waals surface area contributed by atoms with E-state index in [2.05, 4.69) is 5.16 Å². The molecule has 0 atom stereocenters. The van der Waals surface area contributed by atoms with Crippen molar-refractivity contribution in [3.8, 4) is 23.0 Å². The largest absolute Gasteiger partial charge is 0.494 e. The van der Waals surface area contributed by atoms with Gasteiger partial charge in [-0.1, -0.05) is 5.16 Å². The predicted octanol–water partition coefficient (Wildman–Crippen LogP) is 3.92. The number of rotatable bonds is 11. The van der Waals surface area contributed by atoms with Crippen LogP contribution in [0.3, 0.4) is 0 Å². The van der Waals surface area contributed by atoms with E-state index in [0.717, 1.165) is 17.1 Å². The molecule has 140 valence electrons. The Kier molecular flexibility index (Phi) is 8.12. The summed E-state index contributed by atoms with van der Waals surface area (Å²) >= 11 is 0. The summed E-state index contributed by atoms with van der Waals surface area (Å²) in [6, 6.07) is 13.0. The summed E-state index contributed by atoms with van der Waals surface area (Å²) < 4.78 is 21.7. The monoisotopic (exact) mass is 359 g/mol. The number of ether oxygens (including phenoxy) is 4. The zero-order chi connectivity index (χ0) is 18.6. The highest BCUT2D eigenvalue weighted by Gasteiger charge is 2.04. The van der Waals surface area contributed by atoms with E-state index in [4.69, 9.17) is 23.8 Å². The minimum Gasteiger partial charge on any atom is -0.494 e. The Labute approximate surface area is 154 Å². The van der Waals surface area contributed by atoms with Crippen LogP contribution in [0.2, 0.25) is 0 Å². The molecule has 26 heavy (non-hydrogen) atoms. The maximum Gasteiger partial charge on any atom is 0.161 e. The van der Waals surface area contributed by atoms with Crippen LogP contribution in [0, 0.1) is 0 Å². The van der Waals surface area contributed by atoms with Crippen molar-refractivity contribution in [2.45, 2.75) is 13.8 Å². The maximum atomic E-state index is 5.58. The summed E-state index contributed by atoms with van der Waals surface area (Å²) in [4.78, 5) is 5.22. The normalized spacial score (nSPS) is 10.6. The van der Waals surface area contributed by atoms with Crippen LogP contribution in [0.25, 0.3) is 0 Å². The molecule has 0 aromatic heterocycles. The van der Waals surface area contributed by atoms with E-state index < -0.39 is 0 Å². The van der Waals surface area contributed by atoms with Gasteiger partial charge in [-0.3, -0.25) is 0 Å². The minimum absolute atomic E-state index is 0.345. The van der Waals surface area contributed by atoms with Crippen molar-refractivity contribution in [2.24, 2.45) is 5.16 Å². The maximum absolute atomic E-state index is 5.58. The molecule has 0 aliphatic carbocycles. The second kappa shape index (κ2) is 10.9. The van der Waals surface area contributed by atoms with Gasteiger partial charge in [0.2, 0.25) is 0 Å². The molecule has 0 spiro atoms. The molecule has 0 heterocycles. The molecule has 0 radical (unpaired) electrons. The van der Waals surface area contributed by atoms with Gasteiger partial charge in [0.05, 0.1) is 26.5 Å². The Balaban J connectivity index is 1.73. The van der Waals surface area contributed by atoms with Crippen molar-refractivity contribution >= 4 is 6.21 Å². The smallest absolute Gasteiger partial charge is 0.161 e. The van der Waals surface area contributed by atoms with Gasteiger partial charge in [0, 0.05) is 5.56 Å². The summed E-state index contributed by atoms with van der Waals surface area (Å²) in [6.45, 7) is 5.85. The Hall–Kier alpha value is -2.89. The van der Waals surface area contributed by atoms with Crippen molar-refractivity contribution in [3.63, 3.8) is 0 Å². The van der Waals surface area contributed by atoms with E-state index in [9.17, 15) is 0 Å². The Morgan fingerprint density at radius 2 is 1.50 bits per heavy atom. The number of benzene rings is 2. The third-order valence-electron chi connectivity index (χ3n) is 3.34. The van der Waals surface area contributed by atoms with E-state index in [1.54, 1.807) is 13.3 Å². The molecular weight excluding hydrogens is 334 g/mol. The van der Waals surface area contributed by atoms with E-state index in [1.165, 1.54) is 0 Å². The molecule has 6 heteroatoms. The van der Waals surface area contributed by atoms with Gasteiger partial charge in [0.25, 0.3) is 0 Å². The van der Waals surface area contributed by atoms with Gasteiger partial charge in [-0.25, -0.2) is 0 Å². The summed E-state index contributed by atoms with van der Waals surface area (Å²) in [7, 11) is 1.60. The molecule has 0 saturated carbocycles. The highest BCUT2D eigenvalue weighted by molar-refractivity contribution is 5.80. The second-order valence-corrected chi connectivity index (χ2v) is 5.16. The van der Waals surface area contributed by atoms with Gasteiger partial charge in [-0.15, -0.1) is 0 Å². The highest BCUT2D eigenvalue weighted by Crippen LogP contribution is 2.27. The van der Waals surface area contributed by atoms with Crippen molar-refractivity contribution in [2.75, 3.05) is 33.5 Å². The van der Waals surface area contributed by atoms with Crippen LogP contribution in [-0.4, -0.2) is 39.8 Å². The van der Waals surface area contributed by atoms with E-state index >= 15 is 0 Å². The molecule has 2 rings (SSSR count). The molecule has 2 aromatic carbocycles. The minimum atomic E-state index is 0.345. The molecule has 0 aliphatic heterocycles. The Morgan fingerprint density at radius 1 is 0.808 bits per heavy atom. The van der Waals surface area contributed by atoms with Gasteiger partial charge in [-0.05, 0) is 56.3 Å². The number of methoxy groups -OCH3 is 1. The highest BCUT2D eigenvalue weighted by atomic mass is 16.6. The first-order valence-electron chi connectivity index (χ1n) is 8.58. The number of hydrogen-bond acceptors (Lipinski definition) is 6. The lowest BCUT2D eigenvalue weighted by atomic mass is 10.2. The molecule has 0 fully saturated rings. The van der Waals surface area contributed by atoms with Crippen LogP contribution >= 0.6 is 0 Å². The molecule has 0 unspecified atom stereocenters. The van der Waals surface area contributed by atoms with Crippen LogP contribution in [0.5, 0.6) is 23.0 Å². The fourth-order valence-corrected chi connectivity index (χ4v) is 2.19. The molecule has 0 aliphatic rings. The topological polar surface area (TPSA) is 58.5 Å². The third-order valence-corrected chi connectivity index (χ3v) is 3.34. The van der Waals surface area contributed by atoms with Gasteiger partial charge < -0.3 is 23.8 Å². The van der Waals surface area contributed by atoms with Crippen LogP contribution in [0.15, 0.2) is 47.6 Å². The molecule has 2 aromatic rings. The van der Waals surface area contributed by atoms with Crippen LogP contribution < -0.4 is 18.9 Å². The summed E-state index contributed by atoms with van der Waals surface area (Å²) in [6.07, 6.45) is 1.62. The van der Waals surface area contributed by atoms with Gasteiger partial charge >= 0.3 is 0 Å². The summed E-state index contributed by atoms with van der Waals surface area (Å²) in [5.41, 5.74) is 0.859. The zero-order valence-electron chi connectivity index (χ0n) is 15.4. The lowest BCUT2D eigenvalue weighted by Crippen LogP contribution is -2.04. The average molecular weight is 359 g/mol. The van der Waals surface area contributed by atoms with Gasteiger partial charge in [0.15, 0.2) is 18.1 Å². The molecule has 6 nitrogen and oxygen atoms in total. The molecule has 0 amide bonds. The first-order chi connectivity index (χ1) is 12.8.